The SMILES string of the molecule is Cc1ccc(CCC(=O)NCc2ccc(S(C)(=O)=O)cc2)cc1. The molecule has 4 nitrogen and oxygen atoms in total. The van der Waals surface area contributed by atoms with Crippen LogP contribution < -0.4 is 5.32 Å². The Morgan fingerprint density at radius 3 is 2.09 bits per heavy atom. The average Bonchev–Trinajstić information content (AvgIpc) is 2.52. The van der Waals surface area contributed by atoms with Gasteiger partial charge in [-0.2, -0.15) is 0 Å². The second kappa shape index (κ2) is 7.42. The zero-order valence-electron chi connectivity index (χ0n) is 13.4. The van der Waals surface area contributed by atoms with Gasteiger partial charge in [-0.15, -0.1) is 0 Å². The third kappa shape index (κ3) is 5.53. The Labute approximate surface area is 137 Å². The molecule has 0 atom stereocenters. The van der Waals surface area contributed by atoms with Crippen molar-refractivity contribution in [2.45, 2.75) is 31.2 Å². The minimum Gasteiger partial charge on any atom is -0.352 e. The summed E-state index contributed by atoms with van der Waals surface area (Å²) in [5.74, 6) is -0.0160. The minimum atomic E-state index is -3.18. The van der Waals surface area contributed by atoms with Gasteiger partial charge in [-0.1, -0.05) is 42.0 Å². The molecular weight excluding hydrogens is 310 g/mol. The Hall–Kier alpha value is -2.14. The van der Waals surface area contributed by atoms with Gasteiger partial charge in [-0.25, -0.2) is 8.42 Å². The Kier molecular flexibility index (Phi) is 5.55. The number of carbonyl (C=O) groups is 1. The number of carbonyl (C=O) groups excluding carboxylic acids is 1. The first-order chi connectivity index (χ1) is 10.8. The molecule has 2 rings (SSSR count). The van der Waals surface area contributed by atoms with Crippen LogP contribution in [0, 0.1) is 6.92 Å². The first kappa shape index (κ1) is 17.2. The molecule has 0 radical (unpaired) electrons. The van der Waals surface area contributed by atoms with Crippen molar-refractivity contribution in [1.82, 2.24) is 5.32 Å². The van der Waals surface area contributed by atoms with Crippen molar-refractivity contribution < 1.29 is 13.2 Å². The van der Waals surface area contributed by atoms with Gasteiger partial charge >= 0.3 is 0 Å². The van der Waals surface area contributed by atoms with Gasteiger partial charge < -0.3 is 5.32 Å². The predicted molar refractivity (Wildman–Crippen MR) is 90.9 cm³/mol. The standard InChI is InChI=1S/C18H21NO3S/c1-14-3-5-15(6-4-14)9-12-18(20)19-13-16-7-10-17(11-8-16)23(2,21)22/h3-8,10-11H,9,12-13H2,1-2H3,(H,19,20). The van der Waals surface area contributed by atoms with E-state index < -0.39 is 9.84 Å². The molecule has 2 aromatic rings. The van der Waals surface area contributed by atoms with E-state index in [2.05, 4.69) is 5.32 Å². The summed E-state index contributed by atoms with van der Waals surface area (Å²) in [6.45, 7) is 2.43. The lowest BCUT2D eigenvalue weighted by Crippen LogP contribution is -2.23. The van der Waals surface area contributed by atoms with Gasteiger partial charge in [-0.3, -0.25) is 4.79 Å². The molecule has 0 heterocycles. The molecule has 122 valence electrons. The normalized spacial score (nSPS) is 11.2. The predicted octanol–water partition coefficient (Wildman–Crippen LogP) is 2.65. The van der Waals surface area contributed by atoms with Gasteiger partial charge in [-0.05, 0) is 36.6 Å². The van der Waals surface area contributed by atoms with Crippen LogP contribution in [0.4, 0.5) is 0 Å². The number of amides is 1. The quantitative estimate of drug-likeness (QED) is 0.885. The highest BCUT2D eigenvalue weighted by Gasteiger charge is 2.07. The molecule has 0 aliphatic rings. The molecule has 0 spiro atoms. The number of hydrogen-bond acceptors (Lipinski definition) is 3. The van der Waals surface area contributed by atoms with Crippen molar-refractivity contribution in [3.05, 3.63) is 65.2 Å². The van der Waals surface area contributed by atoms with Crippen molar-refractivity contribution in [3.63, 3.8) is 0 Å². The molecule has 23 heavy (non-hydrogen) atoms. The molecule has 0 fully saturated rings. The summed E-state index contributed by atoms with van der Waals surface area (Å²) >= 11 is 0. The first-order valence-electron chi connectivity index (χ1n) is 7.46. The van der Waals surface area contributed by atoms with Crippen LogP contribution in [0.2, 0.25) is 0 Å². The molecule has 5 heteroatoms. The molecule has 0 aliphatic carbocycles. The summed E-state index contributed by atoms with van der Waals surface area (Å²) in [4.78, 5) is 12.2. The van der Waals surface area contributed by atoms with E-state index in [0.29, 0.717) is 19.4 Å². The molecule has 0 aliphatic heterocycles. The van der Waals surface area contributed by atoms with Crippen LogP contribution in [0.1, 0.15) is 23.1 Å². The lowest BCUT2D eigenvalue weighted by molar-refractivity contribution is -0.121. The van der Waals surface area contributed by atoms with Crippen LogP contribution in [0.5, 0.6) is 0 Å². The van der Waals surface area contributed by atoms with E-state index in [1.165, 1.54) is 11.8 Å². The highest BCUT2D eigenvalue weighted by Crippen LogP contribution is 2.10. The lowest BCUT2D eigenvalue weighted by atomic mass is 10.1. The molecule has 0 saturated carbocycles. The van der Waals surface area contributed by atoms with E-state index in [1.807, 2.05) is 31.2 Å². The van der Waals surface area contributed by atoms with Gasteiger partial charge in [0, 0.05) is 19.2 Å². The van der Waals surface area contributed by atoms with E-state index >= 15 is 0 Å². The van der Waals surface area contributed by atoms with Crippen molar-refractivity contribution in [1.29, 1.82) is 0 Å². The van der Waals surface area contributed by atoms with Gasteiger partial charge in [0.15, 0.2) is 9.84 Å². The van der Waals surface area contributed by atoms with E-state index in [4.69, 9.17) is 0 Å². The maximum absolute atomic E-state index is 11.9. The third-order valence-corrected chi connectivity index (χ3v) is 4.73. The molecule has 0 bridgehead atoms. The van der Waals surface area contributed by atoms with Crippen molar-refractivity contribution >= 4 is 15.7 Å². The smallest absolute Gasteiger partial charge is 0.220 e. The fraction of sp³-hybridized carbons (Fsp3) is 0.278. The number of sulfone groups is 1. The van der Waals surface area contributed by atoms with Crippen LogP contribution in [0.15, 0.2) is 53.4 Å². The zero-order valence-corrected chi connectivity index (χ0v) is 14.2. The molecule has 1 N–H and O–H groups in total. The maximum atomic E-state index is 11.9. The molecule has 2 aromatic carbocycles. The fourth-order valence-corrected chi connectivity index (χ4v) is 2.79. The van der Waals surface area contributed by atoms with E-state index in [-0.39, 0.29) is 10.8 Å². The average molecular weight is 331 g/mol. The van der Waals surface area contributed by atoms with Gasteiger partial charge in [0.1, 0.15) is 0 Å². The first-order valence-corrected chi connectivity index (χ1v) is 9.35. The second-order valence-electron chi connectivity index (χ2n) is 5.68. The zero-order chi connectivity index (χ0) is 16.9. The van der Waals surface area contributed by atoms with Gasteiger partial charge in [0.2, 0.25) is 5.91 Å². The Morgan fingerprint density at radius 1 is 0.957 bits per heavy atom. The monoisotopic (exact) mass is 331 g/mol. The maximum Gasteiger partial charge on any atom is 0.220 e. The van der Waals surface area contributed by atoms with E-state index in [0.717, 1.165) is 11.1 Å². The number of aryl methyl sites for hydroxylation is 2. The Balaban J connectivity index is 1.81. The Morgan fingerprint density at radius 2 is 1.52 bits per heavy atom. The molecule has 0 aromatic heterocycles. The number of hydrogen-bond donors (Lipinski definition) is 1. The number of benzene rings is 2. The topological polar surface area (TPSA) is 63.2 Å². The Bertz CT molecular complexity index is 763. The summed E-state index contributed by atoms with van der Waals surface area (Å²) in [5.41, 5.74) is 3.22. The van der Waals surface area contributed by atoms with E-state index in [1.54, 1.807) is 24.3 Å². The van der Waals surface area contributed by atoms with Crippen LogP contribution in [-0.2, 0) is 27.6 Å². The summed E-state index contributed by atoms with van der Waals surface area (Å²) < 4.78 is 22.8. The van der Waals surface area contributed by atoms with Crippen LogP contribution in [0.25, 0.3) is 0 Å². The molecular formula is C18H21NO3S. The molecule has 1 amide bonds. The number of rotatable bonds is 6. The molecule has 0 unspecified atom stereocenters. The van der Waals surface area contributed by atoms with Crippen molar-refractivity contribution in [2.24, 2.45) is 0 Å². The van der Waals surface area contributed by atoms with Crippen molar-refractivity contribution in [3.8, 4) is 0 Å². The van der Waals surface area contributed by atoms with Crippen LogP contribution in [0.3, 0.4) is 0 Å². The third-order valence-electron chi connectivity index (χ3n) is 3.60. The van der Waals surface area contributed by atoms with Crippen LogP contribution >= 0.6 is 0 Å². The second-order valence-corrected chi connectivity index (χ2v) is 7.69. The van der Waals surface area contributed by atoms with Gasteiger partial charge in [0.25, 0.3) is 0 Å². The molecule has 0 saturated heterocycles. The van der Waals surface area contributed by atoms with Crippen LogP contribution in [-0.4, -0.2) is 20.6 Å². The fourth-order valence-electron chi connectivity index (χ4n) is 2.16. The summed E-state index contributed by atoms with van der Waals surface area (Å²) in [7, 11) is -3.18. The summed E-state index contributed by atoms with van der Waals surface area (Å²) in [6, 6.07) is 14.7. The number of nitrogens with one attached hydrogen (secondary N) is 1. The highest BCUT2D eigenvalue weighted by atomic mass is 32.2. The summed E-state index contributed by atoms with van der Waals surface area (Å²) in [6.07, 6.45) is 2.32. The summed E-state index contributed by atoms with van der Waals surface area (Å²) in [5, 5.41) is 2.85. The minimum absolute atomic E-state index is 0.0160. The van der Waals surface area contributed by atoms with Crippen molar-refractivity contribution in [2.75, 3.05) is 6.26 Å². The lowest BCUT2D eigenvalue weighted by Gasteiger charge is -2.07. The highest BCUT2D eigenvalue weighted by molar-refractivity contribution is 7.90. The van der Waals surface area contributed by atoms with Gasteiger partial charge in [0.05, 0.1) is 4.90 Å². The largest absolute Gasteiger partial charge is 0.352 e. The van der Waals surface area contributed by atoms with E-state index in [9.17, 15) is 13.2 Å².